The molecule has 1 aromatic heterocycles. The van der Waals surface area contributed by atoms with Crippen LogP contribution >= 0.6 is 0 Å². The molecule has 0 N–H and O–H groups in total. The summed E-state index contributed by atoms with van der Waals surface area (Å²) in [5, 5.41) is 0. The molecule has 82 valence electrons. The van der Waals surface area contributed by atoms with E-state index >= 15 is 0 Å². The monoisotopic (exact) mass is 205 g/mol. The molecule has 1 aliphatic carbocycles. The van der Waals surface area contributed by atoms with Crippen molar-refractivity contribution in [1.82, 2.24) is 4.57 Å². The van der Waals surface area contributed by atoms with Crippen molar-refractivity contribution in [2.45, 2.75) is 45.1 Å². The van der Waals surface area contributed by atoms with Gasteiger partial charge in [0.2, 0.25) is 0 Å². The van der Waals surface area contributed by atoms with Crippen LogP contribution < -0.4 is 0 Å². The molecule has 0 spiro atoms. The Morgan fingerprint density at radius 3 is 3.00 bits per heavy atom. The van der Waals surface area contributed by atoms with E-state index in [2.05, 4.69) is 17.7 Å². The van der Waals surface area contributed by atoms with Gasteiger partial charge in [-0.1, -0.05) is 26.2 Å². The van der Waals surface area contributed by atoms with E-state index in [-0.39, 0.29) is 0 Å². The van der Waals surface area contributed by atoms with Crippen molar-refractivity contribution in [2.75, 3.05) is 0 Å². The fourth-order valence-electron chi connectivity index (χ4n) is 2.84. The highest BCUT2D eigenvalue weighted by Crippen LogP contribution is 2.36. The summed E-state index contributed by atoms with van der Waals surface area (Å²) >= 11 is 0. The second kappa shape index (κ2) is 4.65. The molecule has 1 saturated carbocycles. The van der Waals surface area contributed by atoms with Gasteiger partial charge in [-0.3, -0.25) is 4.79 Å². The predicted octanol–water partition coefficient (Wildman–Crippen LogP) is 3.44. The molecule has 1 aliphatic rings. The largest absolute Gasteiger partial charge is 0.342 e. The summed E-state index contributed by atoms with van der Waals surface area (Å²) in [6.45, 7) is 2.26. The minimum atomic E-state index is 0.555. The second-order valence-corrected chi connectivity index (χ2v) is 4.48. The smallest absolute Gasteiger partial charge is 0.166 e. The summed E-state index contributed by atoms with van der Waals surface area (Å²) in [5.74, 6) is 0.754. The van der Waals surface area contributed by atoms with E-state index in [0.717, 1.165) is 17.9 Å². The third-order valence-corrected chi connectivity index (χ3v) is 3.68. The van der Waals surface area contributed by atoms with E-state index in [1.165, 1.54) is 32.1 Å². The predicted molar refractivity (Wildman–Crippen MR) is 61.1 cm³/mol. The van der Waals surface area contributed by atoms with Gasteiger partial charge >= 0.3 is 0 Å². The summed E-state index contributed by atoms with van der Waals surface area (Å²) in [6.07, 6.45) is 9.46. The Labute approximate surface area is 91.3 Å². The number of hydrogen-bond donors (Lipinski definition) is 0. The summed E-state index contributed by atoms with van der Waals surface area (Å²) in [5.41, 5.74) is 0.834. The Balaban J connectivity index is 2.23. The maximum Gasteiger partial charge on any atom is 0.166 e. The summed E-state index contributed by atoms with van der Waals surface area (Å²) < 4.78 is 2.18. The van der Waals surface area contributed by atoms with E-state index in [1.807, 2.05) is 12.1 Å². The lowest BCUT2D eigenvalue weighted by molar-refractivity contribution is 0.110. The van der Waals surface area contributed by atoms with Crippen LogP contribution in [0.4, 0.5) is 0 Å². The summed E-state index contributed by atoms with van der Waals surface area (Å²) in [6, 6.07) is 4.44. The van der Waals surface area contributed by atoms with Gasteiger partial charge in [-0.2, -0.15) is 0 Å². The van der Waals surface area contributed by atoms with Crippen molar-refractivity contribution in [1.29, 1.82) is 0 Å². The zero-order chi connectivity index (χ0) is 10.7. The van der Waals surface area contributed by atoms with Crippen molar-refractivity contribution in [2.24, 2.45) is 5.92 Å². The van der Waals surface area contributed by atoms with Crippen molar-refractivity contribution < 1.29 is 4.79 Å². The van der Waals surface area contributed by atoms with Gasteiger partial charge in [0.25, 0.3) is 0 Å². The Hall–Kier alpha value is -1.05. The topological polar surface area (TPSA) is 22.0 Å². The molecule has 0 amide bonds. The Kier molecular flexibility index (Phi) is 3.24. The number of aldehydes is 1. The van der Waals surface area contributed by atoms with Gasteiger partial charge in [0.1, 0.15) is 0 Å². The van der Waals surface area contributed by atoms with Gasteiger partial charge in [-0.15, -0.1) is 0 Å². The van der Waals surface area contributed by atoms with Crippen LogP contribution in [0.15, 0.2) is 18.3 Å². The molecule has 0 radical (unpaired) electrons. The molecule has 15 heavy (non-hydrogen) atoms. The van der Waals surface area contributed by atoms with Crippen molar-refractivity contribution >= 4 is 6.29 Å². The lowest BCUT2D eigenvalue weighted by Crippen LogP contribution is -2.23. The van der Waals surface area contributed by atoms with Gasteiger partial charge in [-0.25, -0.2) is 0 Å². The van der Waals surface area contributed by atoms with E-state index in [4.69, 9.17) is 0 Å². The first-order valence-corrected chi connectivity index (χ1v) is 5.98. The molecule has 2 atom stereocenters. The molecule has 1 heterocycles. The van der Waals surface area contributed by atoms with Crippen molar-refractivity contribution in [3.63, 3.8) is 0 Å². The number of nitrogens with zero attached hydrogens (tertiary/aromatic N) is 1. The first kappa shape index (κ1) is 10.5. The lowest BCUT2D eigenvalue weighted by Gasteiger charge is -2.32. The number of carbonyl (C=O) groups excluding carboxylic acids is 1. The fraction of sp³-hybridized carbons (Fsp3) is 0.615. The number of hydrogen-bond acceptors (Lipinski definition) is 1. The van der Waals surface area contributed by atoms with E-state index in [9.17, 15) is 4.79 Å². The molecule has 2 rings (SSSR count). The molecule has 0 aliphatic heterocycles. The van der Waals surface area contributed by atoms with Crippen LogP contribution in [0.3, 0.4) is 0 Å². The zero-order valence-corrected chi connectivity index (χ0v) is 9.36. The lowest BCUT2D eigenvalue weighted by atomic mass is 9.82. The van der Waals surface area contributed by atoms with Gasteiger partial charge in [0.15, 0.2) is 6.29 Å². The Morgan fingerprint density at radius 1 is 1.47 bits per heavy atom. The minimum Gasteiger partial charge on any atom is -0.342 e. The summed E-state index contributed by atoms with van der Waals surface area (Å²) in [4.78, 5) is 10.9. The molecule has 0 saturated heterocycles. The average Bonchev–Trinajstić information content (AvgIpc) is 2.76. The van der Waals surface area contributed by atoms with Gasteiger partial charge in [0.05, 0.1) is 5.69 Å². The number of aromatic nitrogens is 1. The Morgan fingerprint density at radius 2 is 2.27 bits per heavy atom. The quantitative estimate of drug-likeness (QED) is 0.693. The van der Waals surface area contributed by atoms with Crippen LogP contribution in [0.25, 0.3) is 0 Å². The maximum absolute atomic E-state index is 10.9. The maximum atomic E-state index is 10.9. The first-order valence-electron chi connectivity index (χ1n) is 5.98. The second-order valence-electron chi connectivity index (χ2n) is 4.48. The standard InChI is InChI=1S/C13H19NO/c1-2-11-6-3-4-8-13(11)14-9-5-7-12(14)10-15/h5,7,9-11,13H,2-4,6,8H2,1H3. The SMILES string of the molecule is CCC1CCCCC1n1cccc1C=O. The van der Waals surface area contributed by atoms with E-state index in [0.29, 0.717) is 6.04 Å². The molecular formula is C13H19NO. The normalized spacial score (nSPS) is 26.5. The highest BCUT2D eigenvalue weighted by atomic mass is 16.1. The van der Waals surface area contributed by atoms with E-state index in [1.54, 1.807) is 0 Å². The molecule has 0 bridgehead atoms. The van der Waals surface area contributed by atoms with E-state index < -0.39 is 0 Å². The third kappa shape index (κ3) is 1.99. The number of carbonyl (C=O) groups is 1. The molecule has 2 nitrogen and oxygen atoms in total. The highest BCUT2D eigenvalue weighted by molar-refractivity contribution is 5.72. The molecule has 1 fully saturated rings. The van der Waals surface area contributed by atoms with Crippen LogP contribution in [-0.2, 0) is 0 Å². The van der Waals surface area contributed by atoms with Gasteiger partial charge in [0, 0.05) is 12.2 Å². The van der Waals surface area contributed by atoms with Crippen molar-refractivity contribution in [3.8, 4) is 0 Å². The van der Waals surface area contributed by atoms with Crippen molar-refractivity contribution in [3.05, 3.63) is 24.0 Å². The van der Waals surface area contributed by atoms with Crippen LogP contribution in [-0.4, -0.2) is 10.9 Å². The zero-order valence-electron chi connectivity index (χ0n) is 9.36. The van der Waals surface area contributed by atoms with Crippen LogP contribution in [0.5, 0.6) is 0 Å². The number of rotatable bonds is 3. The third-order valence-electron chi connectivity index (χ3n) is 3.68. The molecule has 0 aromatic carbocycles. The van der Waals surface area contributed by atoms with Crippen LogP contribution in [0, 0.1) is 5.92 Å². The first-order chi connectivity index (χ1) is 7.36. The Bertz CT molecular complexity index is 329. The van der Waals surface area contributed by atoms with Crippen LogP contribution in [0.1, 0.15) is 55.6 Å². The molecular weight excluding hydrogens is 186 g/mol. The van der Waals surface area contributed by atoms with Crippen LogP contribution in [0.2, 0.25) is 0 Å². The average molecular weight is 205 g/mol. The molecule has 2 unspecified atom stereocenters. The molecule has 2 heteroatoms. The van der Waals surface area contributed by atoms with Gasteiger partial charge in [-0.05, 0) is 30.9 Å². The van der Waals surface area contributed by atoms with Gasteiger partial charge < -0.3 is 4.57 Å². The summed E-state index contributed by atoms with van der Waals surface area (Å²) in [7, 11) is 0. The molecule has 1 aromatic rings. The fourth-order valence-corrected chi connectivity index (χ4v) is 2.84. The highest BCUT2D eigenvalue weighted by Gasteiger charge is 2.25. The minimum absolute atomic E-state index is 0.555.